The Hall–Kier alpha value is -3.58. The number of benzene rings is 3. The monoisotopic (exact) mass is 370 g/mol. The van der Waals surface area contributed by atoms with Crippen LogP contribution in [0, 0.1) is 18.3 Å². The van der Waals surface area contributed by atoms with E-state index in [1.165, 1.54) is 5.56 Å². The number of ether oxygens (including phenoxy) is 1. The molecule has 0 saturated heterocycles. The van der Waals surface area contributed by atoms with Gasteiger partial charge in [0.15, 0.2) is 6.10 Å². The molecule has 0 aromatic heterocycles. The molecule has 0 saturated carbocycles. The summed E-state index contributed by atoms with van der Waals surface area (Å²) in [6.07, 6.45) is -0.676. The van der Waals surface area contributed by atoms with Crippen LogP contribution in [0.15, 0.2) is 78.9 Å². The molecule has 0 aliphatic rings. The first-order chi connectivity index (χ1) is 13.6. The third-order valence-corrected chi connectivity index (χ3v) is 4.50. The second-order valence-corrected chi connectivity index (χ2v) is 6.66. The molecule has 3 aromatic rings. The third-order valence-electron chi connectivity index (χ3n) is 4.50. The lowest BCUT2D eigenvalue weighted by Crippen LogP contribution is -2.39. The van der Waals surface area contributed by atoms with Crippen molar-refractivity contribution in [3.63, 3.8) is 0 Å². The van der Waals surface area contributed by atoms with Gasteiger partial charge in [0, 0.05) is 0 Å². The standard InChI is InChI=1S/C24H22N2O2/c1-17-8-12-21(13-9-17)23(20-6-4-3-5-7-20)26-24(27)18(2)28-22-14-10-19(16-25)11-15-22/h3-15,18,23H,1-2H3,(H,26,27). The van der Waals surface area contributed by atoms with Gasteiger partial charge in [-0.15, -0.1) is 0 Å². The molecule has 1 N–H and O–H groups in total. The summed E-state index contributed by atoms with van der Waals surface area (Å²) < 4.78 is 5.75. The zero-order valence-electron chi connectivity index (χ0n) is 15.9. The molecule has 1 amide bonds. The molecule has 0 aliphatic carbocycles. The zero-order valence-corrected chi connectivity index (χ0v) is 15.9. The van der Waals surface area contributed by atoms with Crippen molar-refractivity contribution in [1.82, 2.24) is 5.32 Å². The number of carbonyl (C=O) groups is 1. The van der Waals surface area contributed by atoms with Crippen LogP contribution in [0.2, 0.25) is 0 Å². The van der Waals surface area contributed by atoms with Crippen molar-refractivity contribution < 1.29 is 9.53 Å². The maximum atomic E-state index is 12.8. The number of amides is 1. The Morgan fingerprint density at radius 2 is 1.54 bits per heavy atom. The van der Waals surface area contributed by atoms with Gasteiger partial charge in [-0.25, -0.2) is 0 Å². The molecule has 140 valence electrons. The molecule has 3 aromatic carbocycles. The summed E-state index contributed by atoms with van der Waals surface area (Å²) in [7, 11) is 0. The van der Waals surface area contributed by atoms with Crippen molar-refractivity contribution in [1.29, 1.82) is 5.26 Å². The normalized spacial score (nSPS) is 12.5. The number of nitrogens with zero attached hydrogens (tertiary/aromatic N) is 1. The third kappa shape index (κ3) is 4.77. The van der Waals surface area contributed by atoms with Gasteiger partial charge in [-0.1, -0.05) is 60.2 Å². The molecule has 3 rings (SSSR count). The molecular weight excluding hydrogens is 348 g/mol. The summed E-state index contributed by atoms with van der Waals surface area (Å²) in [5, 5.41) is 12.0. The lowest BCUT2D eigenvalue weighted by molar-refractivity contribution is -0.127. The molecule has 4 heteroatoms. The molecule has 0 bridgehead atoms. The van der Waals surface area contributed by atoms with E-state index in [9.17, 15) is 4.79 Å². The van der Waals surface area contributed by atoms with E-state index in [1.54, 1.807) is 31.2 Å². The van der Waals surface area contributed by atoms with Gasteiger partial charge in [0.25, 0.3) is 5.91 Å². The second kappa shape index (κ2) is 8.88. The van der Waals surface area contributed by atoms with Crippen LogP contribution in [0.25, 0.3) is 0 Å². The van der Waals surface area contributed by atoms with Gasteiger partial charge in [0.2, 0.25) is 0 Å². The van der Waals surface area contributed by atoms with E-state index < -0.39 is 6.10 Å². The SMILES string of the molecule is Cc1ccc(C(NC(=O)C(C)Oc2ccc(C#N)cc2)c2ccccc2)cc1. The second-order valence-electron chi connectivity index (χ2n) is 6.66. The van der Waals surface area contributed by atoms with Crippen LogP contribution >= 0.6 is 0 Å². The molecule has 2 atom stereocenters. The summed E-state index contributed by atoms with van der Waals surface area (Å²) in [5.74, 6) is 0.340. The number of aryl methyl sites for hydroxylation is 1. The molecule has 4 nitrogen and oxygen atoms in total. The van der Waals surface area contributed by atoms with E-state index in [1.807, 2.05) is 61.5 Å². The number of hydrogen-bond acceptors (Lipinski definition) is 3. The Kier molecular flexibility index (Phi) is 6.08. The largest absolute Gasteiger partial charge is 0.481 e. The van der Waals surface area contributed by atoms with Gasteiger partial charge in [-0.3, -0.25) is 4.79 Å². The number of rotatable bonds is 6. The molecule has 0 fully saturated rings. The maximum Gasteiger partial charge on any atom is 0.261 e. The van der Waals surface area contributed by atoms with Gasteiger partial charge < -0.3 is 10.1 Å². The Labute approximate surface area is 165 Å². The van der Waals surface area contributed by atoms with E-state index in [0.29, 0.717) is 11.3 Å². The fourth-order valence-electron chi connectivity index (χ4n) is 2.89. The van der Waals surface area contributed by atoms with Gasteiger partial charge in [0.1, 0.15) is 5.75 Å². The molecule has 28 heavy (non-hydrogen) atoms. The van der Waals surface area contributed by atoms with Crippen molar-refractivity contribution in [2.75, 3.05) is 0 Å². The summed E-state index contributed by atoms with van der Waals surface area (Å²) >= 11 is 0. The predicted octanol–water partition coefficient (Wildman–Crippen LogP) is 4.54. The van der Waals surface area contributed by atoms with Crippen LogP contribution in [-0.4, -0.2) is 12.0 Å². The van der Waals surface area contributed by atoms with Crippen molar-refractivity contribution in [3.8, 4) is 11.8 Å². The lowest BCUT2D eigenvalue weighted by Gasteiger charge is -2.23. The molecule has 2 unspecified atom stereocenters. The fraction of sp³-hybridized carbons (Fsp3) is 0.167. The minimum Gasteiger partial charge on any atom is -0.481 e. The molecule has 0 spiro atoms. The van der Waals surface area contributed by atoms with Crippen LogP contribution in [0.1, 0.15) is 35.2 Å². The zero-order chi connectivity index (χ0) is 19.9. The summed E-state index contributed by atoms with van der Waals surface area (Å²) in [5.41, 5.74) is 3.73. The van der Waals surface area contributed by atoms with Gasteiger partial charge in [0.05, 0.1) is 17.7 Å². The quantitative estimate of drug-likeness (QED) is 0.693. The first-order valence-corrected chi connectivity index (χ1v) is 9.15. The van der Waals surface area contributed by atoms with Crippen LogP contribution in [0.3, 0.4) is 0 Å². The highest BCUT2D eigenvalue weighted by Crippen LogP contribution is 2.23. The van der Waals surface area contributed by atoms with Crippen molar-refractivity contribution >= 4 is 5.91 Å². The topological polar surface area (TPSA) is 62.1 Å². The van der Waals surface area contributed by atoms with Crippen LogP contribution < -0.4 is 10.1 Å². The molecule has 0 aliphatic heterocycles. The smallest absolute Gasteiger partial charge is 0.261 e. The number of hydrogen-bond donors (Lipinski definition) is 1. The number of nitriles is 1. The highest BCUT2D eigenvalue weighted by molar-refractivity contribution is 5.81. The van der Waals surface area contributed by atoms with Gasteiger partial charge >= 0.3 is 0 Å². The van der Waals surface area contributed by atoms with Crippen molar-refractivity contribution in [2.24, 2.45) is 0 Å². The lowest BCUT2D eigenvalue weighted by atomic mass is 9.97. The first-order valence-electron chi connectivity index (χ1n) is 9.15. The van der Waals surface area contributed by atoms with E-state index in [-0.39, 0.29) is 11.9 Å². The maximum absolute atomic E-state index is 12.8. The minimum absolute atomic E-state index is 0.209. The number of nitrogens with one attached hydrogen (secondary N) is 1. The van der Waals surface area contributed by atoms with Crippen LogP contribution in [0.4, 0.5) is 0 Å². The average molecular weight is 370 g/mol. The number of carbonyl (C=O) groups excluding carboxylic acids is 1. The molecule has 0 radical (unpaired) electrons. The molecule has 0 heterocycles. The Morgan fingerprint density at radius 1 is 0.929 bits per heavy atom. The highest BCUT2D eigenvalue weighted by atomic mass is 16.5. The first kappa shape index (κ1) is 19.2. The summed E-state index contributed by atoms with van der Waals surface area (Å²) in [4.78, 5) is 12.8. The van der Waals surface area contributed by atoms with Gasteiger partial charge in [-0.2, -0.15) is 5.26 Å². The summed E-state index contributed by atoms with van der Waals surface area (Å²) in [6.45, 7) is 3.75. The van der Waals surface area contributed by atoms with Crippen LogP contribution in [-0.2, 0) is 4.79 Å². The van der Waals surface area contributed by atoms with Crippen molar-refractivity contribution in [2.45, 2.75) is 26.0 Å². The highest BCUT2D eigenvalue weighted by Gasteiger charge is 2.21. The van der Waals surface area contributed by atoms with Gasteiger partial charge in [-0.05, 0) is 49.2 Å². The van der Waals surface area contributed by atoms with E-state index >= 15 is 0 Å². The van der Waals surface area contributed by atoms with E-state index in [2.05, 4.69) is 11.4 Å². The predicted molar refractivity (Wildman–Crippen MR) is 109 cm³/mol. The Bertz CT molecular complexity index is 958. The minimum atomic E-state index is -0.676. The Balaban J connectivity index is 1.76. The van der Waals surface area contributed by atoms with E-state index in [4.69, 9.17) is 10.00 Å². The molecular formula is C24H22N2O2. The fourth-order valence-corrected chi connectivity index (χ4v) is 2.89. The summed E-state index contributed by atoms with van der Waals surface area (Å²) in [6, 6.07) is 26.5. The van der Waals surface area contributed by atoms with E-state index in [0.717, 1.165) is 11.1 Å². The van der Waals surface area contributed by atoms with Crippen molar-refractivity contribution in [3.05, 3.63) is 101 Å². The van der Waals surface area contributed by atoms with Crippen LogP contribution in [0.5, 0.6) is 5.75 Å². The Morgan fingerprint density at radius 3 is 2.14 bits per heavy atom. The average Bonchev–Trinajstić information content (AvgIpc) is 2.73.